The first-order valence-electron chi connectivity index (χ1n) is 6.91. The van der Waals surface area contributed by atoms with E-state index in [1.165, 1.54) is 0 Å². The Labute approximate surface area is 123 Å². The van der Waals surface area contributed by atoms with Gasteiger partial charge in [0, 0.05) is 12.8 Å². The second kappa shape index (κ2) is 6.39. The maximum absolute atomic E-state index is 12.0. The number of hydrogen-bond acceptors (Lipinski definition) is 3. The minimum Gasteiger partial charge on any atom is -0.368 e. The van der Waals surface area contributed by atoms with Crippen molar-refractivity contribution in [2.24, 2.45) is 5.73 Å². The number of nitrogens with one attached hydrogen (secondary N) is 2. The van der Waals surface area contributed by atoms with Gasteiger partial charge in [-0.15, -0.1) is 0 Å². The van der Waals surface area contributed by atoms with Crippen molar-refractivity contribution < 1.29 is 14.4 Å². The maximum atomic E-state index is 12.0. The van der Waals surface area contributed by atoms with Gasteiger partial charge in [-0.3, -0.25) is 14.4 Å². The molecular formula is C15H19N3O3. The molecule has 2 atom stereocenters. The molecule has 1 aromatic carbocycles. The Balaban J connectivity index is 2.03. The fourth-order valence-electron chi connectivity index (χ4n) is 2.36. The predicted molar refractivity (Wildman–Crippen MR) is 77.2 cm³/mol. The summed E-state index contributed by atoms with van der Waals surface area (Å²) in [6, 6.07) is 6.26. The summed E-state index contributed by atoms with van der Waals surface area (Å²) >= 11 is 0. The Morgan fingerprint density at radius 1 is 1.43 bits per heavy atom. The molecule has 0 unspecified atom stereocenters. The molecule has 1 aliphatic heterocycles. The van der Waals surface area contributed by atoms with E-state index in [1.807, 2.05) is 31.2 Å². The highest BCUT2D eigenvalue weighted by Crippen LogP contribution is 2.11. The summed E-state index contributed by atoms with van der Waals surface area (Å²) in [5.41, 5.74) is 7.36. The van der Waals surface area contributed by atoms with E-state index in [9.17, 15) is 14.4 Å². The SMILES string of the molecule is Cc1ccccc1C[C@@H](NC(=O)[C@@H]1CCC(=O)N1)C(N)=O. The van der Waals surface area contributed by atoms with Crippen LogP contribution >= 0.6 is 0 Å². The van der Waals surface area contributed by atoms with E-state index < -0.39 is 18.0 Å². The molecular weight excluding hydrogens is 270 g/mol. The van der Waals surface area contributed by atoms with E-state index in [-0.39, 0.29) is 11.8 Å². The van der Waals surface area contributed by atoms with Crippen LogP contribution in [0.5, 0.6) is 0 Å². The number of amides is 3. The van der Waals surface area contributed by atoms with E-state index in [0.717, 1.165) is 11.1 Å². The average molecular weight is 289 g/mol. The van der Waals surface area contributed by atoms with Gasteiger partial charge in [-0.05, 0) is 24.5 Å². The van der Waals surface area contributed by atoms with Gasteiger partial charge < -0.3 is 16.4 Å². The van der Waals surface area contributed by atoms with Gasteiger partial charge in [0.1, 0.15) is 12.1 Å². The molecule has 3 amide bonds. The molecule has 1 aliphatic rings. The number of hydrogen-bond donors (Lipinski definition) is 3. The third-order valence-electron chi connectivity index (χ3n) is 3.66. The Kier molecular flexibility index (Phi) is 4.57. The molecule has 21 heavy (non-hydrogen) atoms. The lowest BCUT2D eigenvalue weighted by atomic mass is 10.0. The summed E-state index contributed by atoms with van der Waals surface area (Å²) in [7, 11) is 0. The zero-order valence-corrected chi connectivity index (χ0v) is 11.9. The Morgan fingerprint density at radius 2 is 2.14 bits per heavy atom. The first kappa shape index (κ1) is 15.0. The minimum atomic E-state index is -0.781. The second-order valence-corrected chi connectivity index (χ2v) is 5.25. The molecule has 6 heteroatoms. The van der Waals surface area contributed by atoms with Crippen molar-refractivity contribution in [3.05, 3.63) is 35.4 Å². The third-order valence-corrected chi connectivity index (χ3v) is 3.66. The molecule has 112 valence electrons. The lowest BCUT2D eigenvalue weighted by Gasteiger charge is -2.19. The zero-order chi connectivity index (χ0) is 15.4. The number of carbonyl (C=O) groups excluding carboxylic acids is 3. The highest BCUT2D eigenvalue weighted by Gasteiger charge is 2.29. The average Bonchev–Trinajstić information content (AvgIpc) is 2.87. The smallest absolute Gasteiger partial charge is 0.243 e. The Hall–Kier alpha value is -2.37. The largest absolute Gasteiger partial charge is 0.368 e. The Morgan fingerprint density at radius 3 is 2.71 bits per heavy atom. The van der Waals surface area contributed by atoms with Crippen LogP contribution < -0.4 is 16.4 Å². The lowest BCUT2D eigenvalue weighted by Crippen LogP contribution is -2.51. The summed E-state index contributed by atoms with van der Waals surface area (Å²) in [6.45, 7) is 1.94. The van der Waals surface area contributed by atoms with Crippen molar-refractivity contribution in [2.45, 2.75) is 38.3 Å². The number of carbonyl (C=O) groups is 3. The van der Waals surface area contributed by atoms with Crippen molar-refractivity contribution in [3.8, 4) is 0 Å². The van der Waals surface area contributed by atoms with Crippen molar-refractivity contribution in [3.63, 3.8) is 0 Å². The van der Waals surface area contributed by atoms with Crippen LogP contribution in [-0.2, 0) is 20.8 Å². The quantitative estimate of drug-likeness (QED) is 0.699. The van der Waals surface area contributed by atoms with Crippen molar-refractivity contribution in [1.29, 1.82) is 0 Å². The fraction of sp³-hybridized carbons (Fsp3) is 0.400. The molecule has 0 spiro atoms. The second-order valence-electron chi connectivity index (χ2n) is 5.25. The predicted octanol–water partition coefficient (Wildman–Crippen LogP) is -0.214. The van der Waals surface area contributed by atoms with Gasteiger partial charge >= 0.3 is 0 Å². The van der Waals surface area contributed by atoms with Crippen LogP contribution in [0.3, 0.4) is 0 Å². The molecule has 0 bridgehead atoms. The molecule has 1 aromatic rings. The van der Waals surface area contributed by atoms with Crippen molar-refractivity contribution in [1.82, 2.24) is 10.6 Å². The summed E-state index contributed by atoms with van der Waals surface area (Å²) in [5.74, 6) is -1.10. The van der Waals surface area contributed by atoms with Crippen LogP contribution in [0.1, 0.15) is 24.0 Å². The van der Waals surface area contributed by atoms with Crippen molar-refractivity contribution in [2.75, 3.05) is 0 Å². The molecule has 1 heterocycles. The van der Waals surface area contributed by atoms with Crippen molar-refractivity contribution >= 4 is 17.7 Å². The van der Waals surface area contributed by atoms with E-state index in [2.05, 4.69) is 10.6 Å². The van der Waals surface area contributed by atoms with Gasteiger partial charge in [-0.2, -0.15) is 0 Å². The normalized spacial score (nSPS) is 18.9. The standard InChI is InChI=1S/C15H19N3O3/c1-9-4-2-3-5-10(9)8-12(14(16)20)18-15(21)11-6-7-13(19)17-11/h2-5,11-12H,6-8H2,1H3,(H2,16,20)(H,17,19)(H,18,21)/t11-,12+/m0/s1. The summed E-state index contributed by atoms with van der Waals surface area (Å²) in [6.07, 6.45) is 1.12. The van der Waals surface area contributed by atoms with E-state index >= 15 is 0 Å². The molecule has 0 aromatic heterocycles. The summed E-state index contributed by atoms with van der Waals surface area (Å²) < 4.78 is 0. The molecule has 1 saturated heterocycles. The fourth-order valence-corrected chi connectivity index (χ4v) is 2.36. The van der Waals surface area contributed by atoms with Crippen LogP contribution in [0.25, 0.3) is 0 Å². The highest BCUT2D eigenvalue weighted by atomic mass is 16.2. The van der Waals surface area contributed by atoms with Gasteiger partial charge in [0.25, 0.3) is 0 Å². The molecule has 4 N–H and O–H groups in total. The van der Waals surface area contributed by atoms with Crippen LogP contribution in [0.15, 0.2) is 24.3 Å². The lowest BCUT2D eigenvalue weighted by molar-refractivity contribution is -0.129. The van der Waals surface area contributed by atoms with E-state index in [0.29, 0.717) is 19.3 Å². The summed E-state index contributed by atoms with van der Waals surface area (Å²) in [4.78, 5) is 34.7. The van der Waals surface area contributed by atoms with Gasteiger partial charge in [-0.1, -0.05) is 24.3 Å². The number of aryl methyl sites for hydroxylation is 1. The van der Waals surface area contributed by atoms with Gasteiger partial charge in [0.05, 0.1) is 0 Å². The minimum absolute atomic E-state index is 0.148. The topological polar surface area (TPSA) is 101 Å². The van der Waals surface area contributed by atoms with Crippen LogP contribution in [-0.4, -0.2) is 29.8 Å². The molecule has 6 nitrogen and oxygen atoms in total. The molecule has 1 fully saturated rings. The molecule has 0 saturated carbocycles. The van der Waals surface area contributed by atoms with Crippen LogP contribution in [0, 0.1) is 6.92 Å². The van der Waals surface area contributed by atoms with Crippen LogP contribution in [0.4, 0.5) is 0 Å². The number of nitrogens with two attached hydrogens (primary N) is 1. The first-order chi connectivity index (χ1) is 9.97. The zero-order valence-electron chi connectivity index (χ0n) is 11.9. The summed E-state index contributed by atoms with van der Waals surface area (Å²) in [5, 5.41) is 5.20. The monoisotopic (exact) mass is 289 g/mol. The van der Waals surface area contributed by atoms with Crippen LogP contribution in [0.2, 0.25) is 0 Å². The number of benzene rings is 1. The molecule has 2 rings (SSSR count). The van der Waals surface area contributed by atoms with Gasteiger partial charge in [-0.25, -0.2) is 0 Å². The van der Waals surface area contributed by atoms with Gasteiger partial charge in [0.2, 0.25) is 17.7 Å². The van der Waals surface area contributed by atoms with E-state index in [1.54, 1.807) is 0 Å². The Bertz CT molecular complexity index is 571. The molecule has 0 aliphatic carbocycles. The van der Waals surface area contributed by atoms with E-state index in [4.69, 9.17) is 5.73 Å². The third kappa shape index (κ3) is 3.81. The van der Waals surface area contributed by atoms with Gasteiger partial charge in [0.15, 0.2) is 0 Å². The molecule has 0 radical (unpaired) electrons. The highest BCUT2D eigenvalue weighted by molar-refractivity contribution is 5.93. The first-order valence-corrected chi connectivity index (χ1v) is 6.91. The number of rotatable bonds is 5. The number of primary amides is 1. The maximum Gasteiger partial charge on any atom is 0.243 e.